The monoisotopic (exact) mass is 307 g/mol. The van der Waals surface area contributed by atoms with Crippen molar-refractivity contribution < 1.29 is 0 Å². The van der Waals surface area contributed by atoms with Crippen molar-refractivity contribution in [3.63, 3.8) is 0 Å². The van der Waals surface area contributed by atoms with Gasteiger partial charge in [0.25, 0.3) is 0 Å². The lowest BCUT2D eigenvalue weighted by Crippen LogP contribution is -2.36. The van der Waals surface area contributed by atoms with Crippen LogP contribution in [0.5, 0.6) is 0 Å². The summed E-state index contributed by atoms with van der Waals surface area (Å²) in [4.78, 5) is 7.15. The predicted octanol–water partition coefficient (Wildman–Crippen LogP) is 3.29. The fraction of sp³-hybridized carbons (Fsp3) is 0.450. The van der Waals surface area contributed by atoms with Gasteiger partial charge >= 0.3 is 0 Å². The summed E-state index contributed by atoms with van der Waals surface area (Å²) in [7, 11) is 0. The number of rotatable bonds is 3. The van der Waals surface area contributed by atoms with E-state index in [1.165, 1.54) is 29.8 Å². The van der Waals surface area contributed by atoms with Gasteiger partial charge in [-0.15, -0.1) is 0 Å². The summed E-state index contributed by atoms with van der Waals surface area (Å²) in [5.41, 5.74) is 5.56. The molecule has 1 N–H and O–H groups in total. The molecule has 0 spiro atoms. The standard InChI is InChI=1S/C20H25N3/c1-15-7-8-20-17(13-15)18-14-21-10-4-6-19(18)23(20)12-9-16-5-2-3-11-22-16/h2-3,5,7-8,11,13,18-19,21H,4,6,9-10,12,14H2,1H3/t18-,19-/m1/s1. The first-order valence-electron chi connectivity index (χ1n) is 8.81. The fourth-order valence-electron chi connectivity index (χ4n) is 4.20. The van der Waals surface area contributed by atoms with Crippen LogP contribution in [0.15, 0.2) is 42.6 Å². The molecule has 2 aliphatic rings. The van der Waals surface area contributed by atoms with Gasteiger partial charge in [-0.3, -0.25) is 4.98 Å². The van der Waals surface area contributed by atoms with E-state index in [4.69, 9.17) is 0 Å². The van der Waals surface area contributed by atoms with E-state index < -0.39 is 0 Å². The summed E-state index contributed by atoms with van der Waals surface area (Å²) in [5, 5.41) is 3.63. The number of aromatic nitrogens is 1. The van der Waals surface area contributed by atoms with Crippen molar-refractivity contribution in [2.24, 2.45) is 0 Å². The molecule has 0 amide bonds. The van der Waals surface area contributed by atoms with Crippen LogP contribution in [0.3, 0.4) is 0 Å². The second kappa shape index (κ2) is 6.32. The van der Waals surface area contributed by atoms with Crippen LogP contribution in [-0.2, 0) is 6.42 Å². The minimum Gasteiger partial charge on any atom is -0.367 e. The van der Waals surface area contributed by atoms with Gasteiger partial charge in [-0.05, 0) is 50.1 Å². The van der Waals surface area contributed by atoms with E-state index in [0.29, 0.717) is 12.0 Å². The Morgan fingerprint density at radius 3 is 3.09 bits per heavy atom. The lowest BCUT2D eigenvalue weighted by molar-refractivity contribution is 0.511. The van der Waals surface area contributed by atoms with Crippen LogP contribution in [0.2, 0.25) is 0 Å². The summed E-state index contributed by atoms with van der Waals surface area (Å²) < 4.78 is 0. The Hall–Kier alpha value is -1.87. The smallest absolute Gasteiger partial charge is 0.0421 e. The average molecular weight is 307 g/mol. The van der Waals surface area contributed by atoms with Gasteiger partial charge in [0.1, 0.15) is 0 Å². The summed E-state index contributed by atoms with van der Waals surface area (Å²) in [5.74, 6) is 0.635. The molecular weight excluding hydrogens is 282 g/mol. The van der Waals surface area contributed by atoms with Crippen molar-refractivity contribution >= 4 is 5.69 Å². The topological polar surface area (TPSA) is 28.2 Å². The number of aryl methyl sites for hydroxylation is 1. The number of hydrogen-bond donors (Lipinski definition) is 1. The summed E-state index contributed by atoms with van der Waals surface area (Å²) in [6.07, 6.45) is 5.47. The SMILES string of the molecule is Cc1ccc2c(c1)[C@H]1CNCCC[C@H]1N2CCc1ccccn1. The highest BCUT2D eigenvalue weighted by Gasteiger charge is 2.38. The van der Waals surface area contributed by atoms with E-state index in [-0.39, 0.29) is 0 Å². The molecule has 120 valence electrons. The van der Waals surface area contributed by atoms with Crippen LogP contribution >= 0.6 is 0 Å². The van der Waals surface area contributed by atoms with Gasteiger partial charge in [0.15, 0.2) is 0 Å². The molecule has 2 atom stereocenters. The van der Waals surface area contributed by atoms with E-state index in [0.717, 1.165) is 26.1 Å². The molecule has 0 saturated carbocycles. The highest BCUT2D eigenvalue weighted by molar-refractivity contribution is 5.63. The van der Waals surface area contributed by atoms with Crippen LogP contribution in [0, 0.1) is 6.92 Å². The Labute approximate surface area is 138 Å². The molecular formula is C20H25N3. The molecule has 0 radical (unpaired) electrons. The van der Waals surface area contributed by atoms with Gasteiger partial charge in [-0.2, -0.15) is 0 Å². The van der Waals surface area contributed by atoms with Crippen molar-refractivity contribution in [1.82, 2.24) is 10.3 Å². The average Bonchev–Trinajstić information content (AvgIpc) is 2.73. The highest BCUT2D eigenvalue weighted by atomic mass is 15.2. The first-order valence-corrected chi connectivity index (χ1v) is 8.81. The van der Waals surface area contributed by atoms with E-state index in [2.05, 4.69) is 52.5 Å². The number of nitrogens with zero attached hydrogens (tertiary/aromatic N) is 2. The zero-order chi connectivity index (χ0) is 15.6. The van der Waals surface area contributed by atoms with Crippen molar-refractivity contribution in [2.75, 3.05) is 24.5 Å². The Bertz CT molecular complexity index is 668. The normalized spacial score (nSPS) is 23.3. The molecule has 3 heteroatoms. The van der Waals surface area contributed by atoms with Gasteiger partial charge in [0, 0.05) is 49.0 Å². The Balaban J connectivity index is 1.62. The maximum Gasteiger partial charge on any atom is 0.0421 e. The van der Waals surface area contributed by atoms with Crippen molar-refractivity contribution in [3.8, 4) is 0 Å². The van der Waals surface area contributed by atoms with Gasteiger partial charge in [-0.25, -0.2) is 0 Å². The molecule has 1 saturated heterocycles. The first-order chi connectivity index (χ1) is 11.3. The van der Waals surface area contributed by atoms with Gasteiger partial charge in [-0.1, -0.05) is 23.8 Å². The number of hydrogen-bond acceptors (Lipinski definition) is 3. The lowest BCUT2D eigenvalue weighted by atomic mass is 9.92. The number of anilines is 1. The van der Waals surface area contributed by atoms with E-state index in [9.17, 15) is 0 Å². The molecule has 3 heterocycles. The molecule has 0 unspecified atom stereocenters. The molecule has 1 fully saturated rings. The van der Waals surface area contributed by atoms with Crippen LogP contribution in [0.1, 0.15) is 35.6 Å². The minimum absolute atomic E-state index is 0.635. The molecule has 1 aromatic carbocycles. The Morgan fingerprint density at radius 2 is 2.22 bits per heavy atom. The van der Waals surface area contributed by atoms with Gasteiger partial charge in [0.05, 0.1) is 0 Å². The molecule has 4 rings (SSSR count). The third-order valence-corrected chi connectivity index (χ3v) is 5.31. The van der Waals surface area contributed by atoms with E-state index in [1.54, 1.807) is 5.56 Å². The molecule has 23 heavy (non-hydrogen) atoms. The largest absolute Gasteiger partial charge is 0.367 e. The lowest BCUT2D eigenvalue weighted by Gasteiger charge is -2.29. The molecule has 2 aliphatic heterocycles. The van der Waals surface area contributed by atoms with Crippen molar-refractivity contribution in [3.05, 3.63) is 59.4 Å². The molecule has 0 aliphatic carbocycles. The highest BCUT2D eigenvalue weighted by Crippen LogP contribution is 2.43. The minimum atomic E-state index is 0.635. The number of benzene rings is 1. The van der Waals surface area contributed by atoms with Crippen molar-refractivity contribution in [2.45, 2.75) is 38.1 Å². The zero-order valence-corrected chi connectivity index (χ0v) is 13.8. The Kier molecular flexibility index (Phi) is 4.04. The van der Waals surface area contributed by atoms with Gasteiger partial charge < -0.3 is 10.2 Å². The van der Waals surface area contributed by atoms with Crippen LogP contribution in [0.25, 0.3) is 0 Å². The summed E-state index contributed by atoms with van der Waals surface area (Å²) >= 11 is 0. The quantitative estimate of drug-likeness (QED) is 0.943. The van der Waals surface area contributed by atoms with Crippen LogP contribution < -0.4 is 10.2 Å². The first kappa shape index (κ1) is 14.7. The number of pyridine rings is 1. The van der Waals surface area contributed by atoms with Gasteiger partial charge in [0.2, 0.25) is 0 Å². The summed E-state index contributed by atoms with van der Waals surface area (Å²) in [6.45, 7) is 5.54. The third-order valence-electron chi connectivity index (χ3n) is 5.31. The second-order valence-electron chi connectivity index (χ2n) is 6.85. The predicted molar refractivity (Wildman–Crippen MR) is 95.1 cm³/mol. The second-order valence-corrected chi connectivity index (χ2v) is 6.85. The third kappa shape index (κ3) is 2.86. The number of nitrogens with one attached hydrogen (secondary N) is 1. The Morgan fingerprint density at radius 1 is 1.26 bits per heavy atom. The molecule has 1 aromatic heterocycles. The molecule has 0 bridgehead atoms. The molecule has 3 nitrogen and oxygen atoms in total. The van der Waals surface area contributed by atoms with E-state index >= 15 is 0 Å². The van der Waals surface area contributed by atoms with E-state index in [1.807, 2.05) is 12.3 Å². The number of fused-ring (bicyclic) bond motifs is 3. The molecule has 2 aromatic rings. The van der Waals surface area contributed by atoms with Crippen molar-refractivity contribution in [1.29, 1.82) is 0 Å². The maximum absolute atomic E-state index is 4.49. The zero-order valence-electron chi connectivity index (χ0n) is 13.8. The van der Waals surface area contributed by atoms with Crippen LogP contribution in [0.4, 0.5) is 5.69 Å². The van der Waals surface area contributed by atoms with Crippen LogP contribution in [-0.4, -0.2) is 30.7 Å². The fourth-order valence-corrected chi connectivity index (χ4v) is 4.20. The summed E-state index contributed by atoms with van der Waals surface area (Å²) in [6, 6.07) is 13.8. The maximum atomic E-state index is 4.49.